The Bertz CT molecular complexity index is 1270. The molecule has 0 aromatic heterocycles. The molecular weight excluding hydrogens is 604 g/mol. The molecule has 1 N–H and O–H groups in total. The Morgan fingerprint density at radius 1 is 0.872 bits per heavy atom. The van der Waals surface area contributed by atoms with E-state index < -0.39 is 23.4 Å². The van der Waals surface area contributed by atoms with Gasteiger partial charge in [0.25, 0.3) is 0 Å². The van der Waals surface area contributed by atoms with E-state index in [0.717, 1.165) is 35.5 Å². The Morgan fingerprint density at radius 3 is 2.13 bits per heavy atom. The van der Waals surface area contributed by atoms with Crippen molar-refractivity contribution in [2.24, 2.45) is 0 Å². The average Bonchev–Trinajstić information content (AvgIpc) is 3.18. The minimum absolute atomic E-state index is 0.199. The fourth-order valence-electron chi connectivity index (χ4n) is 7.25. The Balaban J connectivity index is 1.28. The van der Waals surface area contributed by atoms with E-state index in [0.29, 0.717) is 58.5 Å². The SMILES string of the molecule is CCOC(=O)CCC[C@@H]1O[C@@]2(C)C[C@@]3(C)O[C@@H](COCc4ccc(OC)cc4)[C@H](OCc4ccc(OC)cc4)CC[C@@H]3O[C@@H]2C[C@H]1O. The number of fused-ring (bicyclic) bond motifs is 2. The van der Waals surface area contributed by atoms with Crippen molar-refractivity contribution in [1.82, 2.24) is 0 Å². The summed E-state index contributed by atoms with van der Waals surface area (Å²) in [5.41, 5.74) is 0.744. The lowest BCUT2D eigenvalue weighted by Gasteiger charge is -2.56. The number of carbonyl (C=O) groups is 1. The molecule has 10 nitrogen and oxygen atoms in total. The highest BCUT2D eigenvalue weighted by Crippen LogP contribution is 2.49. The van der Waals surface area contributed by atoms with Crippen LogP contribution in [-0.4, -0.2) is 86.3 Å². The fourth-order valence-corrected chi connectivity index (χ4v) is 7.25. The first-order valence-corrected chi connectivity index (χ1v) is 16.9. The van der Waals surface area contributed by atoms with Crippen molar-refractivity contribution >= 4 is 5.97 Å². The number of rotatable bonds is 14. The van der Waals surface area contributed by atoms with E-state index in [1.54, 1.807) is 21.1 Å². The molecule has 5 rings (SSSR count). The molecule has 3 saturated heterocycles. The maximum absolute atomic E-state index is 11.9. The van der Waals surface area contributed by atoms with Crippen molar-refractivity contribution in [3.05, 3.63) is 59.7 Å². The predicted octanol–water partition coefficient (Wildman–Crippen LogP) is 5.54. The predicted molar refractivity (Wildman–Crippen MR) is 174 cm³/mol. The first kappa shape index (κ1) is 35.6. The van der Waals surface area contributed by atoms with Crippen LogP contribution in [0, 0.1) is 0 Å². The van der Waals surface area contributed by atoms with Crippen LogP contribution in [0.4, 0.5) is 0 Å². The maximum Gasteiger partial charge on any atom is 0.305 e. The van der Waals surface area contributed by atoms with Gasteiger partial charge in [-0.2, -0.15) is 0 Å². The van der Waals surface area contributed by atoms with E-state index in [4.69, 9.17) is 37.9 Å². The van der Waals surface area contributed by atoms with Crippen molar-refractivity contribution < 1.29 is 47.8 Å². The zero-order valence-electron chi connectivity index (χ0n) is 28.5. The van der Waals surface area contributed by atoms with Gasteiger partial charge < -0.3 is 43.0 Å². The fraction of sp³-hybridized carbons (Fsp3) is 0.649. The van der Waals surface area contributed by atoms with Crippen LogP contribution in [0.2, 0.25) is 0 Å². The lowest BCUT2D eigenvalue weighted by atomic mass is 9.74. The van der Waals surface area contributed by atoms with Gasteiger partial charge in [-0.25, -0.2) is 0 Å². The first-order valence-electron chi connectivity index (χ1n) is 16.9. The molecule has 3 aliphatic heterocycles. The normalized spacial score (nSPS) is 32.0. The van der Waals surface area contributed by atoms with Gasteiger partial charge in [-0.05, 0) is 81.8 Å². The van der Waals surface area contributed by atoms with Crippen molar-refractivity contribution in [3.63, 3.8) is 0 Å². The number of esters is 1. The highest BCUT2D eigenvalue weighted by Gasteiger charge is 2.58. The summed E-state index contributed by atoms with van der Waals surface area (Å²) >= 11 is 0. The summed E-state index contributed by atoms with van der Waals surface area (Å²) in [6, 6.07) is 15.7. The smallest absolute Gasteiger partial charge is 0.305 e. The molecule has 2 aromatic rings. The summed E-state index contributed by atoms with van der Waals surface area (Å²) in [5.74, 6) is 1.37. The maximum atomic E-state index is 11.9. The Kier molecular flexibility index (Phi) is 12.2. The minimum Gasteiger partial charge on any atom is -0.497 e. The van der Waals surface area contributed by atoms with E-state index in [9.17, 15) is 9.90 Å². The Hall–Kier alpha value is -2.73. The monoisotopic (exact) mass is 656 g/mol. The summed E-state index contributed by atoms with van der Waals surface area (Å²) in [4.78, 5) is 11.9. The summed E-state index contributed by atoms with van der Waals surface area (Å²) in [5, 5.41) is 11.0. The van der Waals surface area contributed by atoms with Gasteiger partial charge in [0, 0.05) is 19.3 Å². The lowest BCUT2D eigenvalue weighted by Crippen LogP contribution is -2.66. The standard InChI is InChI=1S/C37H52O10/c1-6-43-35(39)9-7-8-30-29(38)20-34-37(3,46-30)24-36(2)33(45-34)19-18-31(44-22-26-12-16-28(41-5)17-13-26)32(47-36)23-42-21-25-10-14-27(40-4)15-11-25/h10-17,29-34,38H,6-9,18-24H2,1-5H3/t29-,30+,31-,32+,33+,34-,36-,37+/m1/s1. The summed E-state index contributed by atoms with van der Waals surface area (Å²) in [7, 11) is 3.31. The van der Waals surface area contributed by atoms with Gasteiger partial charge in [-0.1, -0.05) is 24.3 Å². The van der Waals surface area contributed by atoms with Crippen molar-refractivity contribution in [3.8, 4) is 11.5 Å². The zero-order chi connectivity index (χ0) is 33.4. The number of aliphatic hydroxyl groups is 1. The Morgan fingerprint density at radius 2 is 1.49 bits per heavy atom. The van der Waals surface area contributed by atoms with Crippen LogP contribution in [0.1, 0.15) is 76.8 Å². The first-order chi connectivity index (χ1) is 22.6. The molecule has 260 valence electrons. The lowest BCUT2D eigenvalue weighted by molar-refractivity contribution is -0.319. The van der Waals surface area contributed by atoms with Crippen LogP contribution in [0.3, 0.4) is 0 Å². The van der Waals surface area contributed by atoms with Gasteiger partial charge in [0.05, 0.1) is 82.4 Å². The number of ether oxygens (including phenoxy) is 8. The van der Waals surface area contributed by atoms with Gasteiger partial charge in [0.2, 0.25) is 0 Å². The molecule has 0 radical (unpaired) electrons. The van der Waals surface area contributed by atoms with E-state index >= 15 is 0 Å². The van der Waals surface area contributed by atoms with Gasteiger partial charge in [0.1, 0.15) is 17.6 Å². The summed E-state index contributed by atoms with van der Waals surface area (Å²) in [6.07, 6.45) is 1.86. The van der Waals surface area contributed by atoms with E-state index in [2.05, 4.69) is 13.8 Å². The molecule has 3 fully saturated rings. The van der Waals surface area contributed by atoms with Gasteiger partial charge >= 0.3 is 5.97 Å². The number of methoxy groups -OCH3 is 2. The molecular formula is C37H52O10. The quantitative estimate of drug-likeness (QED) is 0.260. The largest absolute Gasteiger partial charge is 0.497 e. The summed E-state index contributed by atoms with van der Waals surface area (Å²) in [6.45, 7) is 7.53. The van der Waals surface area contributed by atoms with E-state index in [1.807, 2.05) is 48.5 Å². The molecule has 3 heterocycles. The van der Waals surface area contributed by atoms with Crippen molar-refractivity contribution in [2.45, 2.75) is 127 Å². The third-order valence-corrected chi connectivity index (χ3v) is 9.75. The molecule has 0 saturated carbocycles. The minimum atomic E-state index is -0.675. The molecule has 3 aliphatic rings. The molecule has 0 amide bonds. The van der Waals surface area contributed by atoms with Crippen LogP contribution in [-0.2, 0) is 46.4 Å². The van der Waals surface area contributed by atoms with Gasteiger partial charge in [0.15, 0.2) is 0 Å². The molecule has 8 atom stereocenters. The number of aliphatic hydroxyl groups excluding tert-OH is 1. The number of hydrogen-bond donors (Lipinski definition) is 1. The molecule has 0 spiro atoms. The third-order valence-electron chi connectivity index (χ3n) is 9.75. The second-order valence-corrected chi connectivity index (χ2v) is 13.4. The second kappa shape index (κ2) is 16.1. The van der Waals surface area contributed by atoms with Crippen molar-refractivity contribution in [2.75, 3.05) is 27.4 Å². The average molecular weight is 657 g/mol. The summed E-state index contributed by atoms with van der Waals surface area (Å²) < 4.78 is 48.9. The number of hydrogen-bond acceptors (Lipinski definition) is 10. The van der Waals surface area contributed by atoms with Crippen LogP contribution >= 0.6 is 0 Å². The second-order valence-electron chi connectivity index (χ2n) is 13.4. The van der Waals surface area contributed by atoms with E-state index in [-0.39, 0.29) is 30.4 Å². The molecule has 0 unspecified atom stereocenters. The third kappa shape index (κ3) is 9.04. The molecule has 0 bridgehead atoms. The van der Waals surface area contributed by atoms with Gasteiger partial charge in [-0.3, -0.25) is 4.79 Å². The van der Waals surface area contributed by atoms with Crippen LogP contribution in [0.5, 0.6) is 11.5 Å². The Labute approximate surface area is 278 Å². The van der Waals surface area contributed by atoms with Crippen LogP contribution < -0.4 is 9.47 Å². The highest BCUT2D eigenvalue weighted by molar-refractivity contribution is 5.69. The van der Waals surface area contributed by atoms with Crippen LogP contribution in [0.15, 0.2) is 48.5 Å². The highest BCUT2D eigenvalue weighted by atomic mass is 16.6. The van der Waals surface area contributed by atoms with Gasteiger partial charge in [-0.15, -0.1) is 0 Å². The zero-order valence-corrected chi connectivity index (χ0v) is 28.5. The number of benzene rings is 2. The van der Waals surface area contributed by atoms with Crippen LogP contribution in [0.25, 0.3) is 0 Å². The molecule has 0 aliphatic carbocycles. The van der Waals surface area contributed by atoms with Crippen molar-refractivity contribution in [1.29, 1.82) is 0 Å². The molecule has 2 aromatic carbocycles. The molecule has 10 heteroatoms. The topological polar surface area (TPSA) is 111 Å². The van der Waals surface area contributed by atoms with E-state index in [1.165, 1.54) is 0 Å². The molecule has 47 heavy (non-hydrogen) atoms. The number of carbonyl (C=O) groups excluding carboxylic acids is 1.